The fourth-order valence-corrected chi connectivity index (χ4v) is 3.11. The number of hydrogen-bond acceptors (Lipinski definition) is 2. The van der Waals surface area contributed by atoms with Crippen LogP contribution in [0.3, 0.4) is 0 Å². The highest BCUT2D eigenvalue weighted by Crippen LogP contribution is 2.15. The molecule has 1 N–H and O–H groups in total. The minimum Gasteiger partial charge on any atom is -0.378 e. The van der Waals surface area contributed by atoms with E-state index in [1.54, 1.807) is 17.0 Å². The molecule has 0 bridgehead atoms. The minimum absolute atomic E-state index is 0.167. The maximum Gasteiger partial charge on any atom is 0.123 e. The van der Waals surface area contributed by atoms with Gasteiger partial charge in [0.1, 0.15) is 12.4 Å². The Morgan fingerprint density at radius 1 is 0.957 bits per heavy atom. The Kier molecular flexibility index (Phi) is 4.82. The van der Waals surface area contributed by atoms with E-state index >= 15 is 0 Å². The van der Waals surface area contributed by atoms with E-state index in [1.807, 2.05) is 12.1 Å². The average molecular weight is 314 g/mol. The molecule has 23 heavy (non-hydrogen) atoms. The second-order valence-electron chi connectivity index (χ2n) is 6.45. The molecular formula is C19H25FN3+. The van der Waals surface area contributed by atoms with Crippen LogP contribution in [0.4, 0.5) is 15.8 Å². The van der Waals surface area contributed by atoms with Crippen molar-refractivity contribution < 1.29 is 9.29 Å². The molecule has 2 aromatic carbocycles. The van der Waals surface area contributed by atoms with E-state index in [9.17, 15) is 4.39 Å². The third kappa shape index (κ3) is 4.02. The zero-order valence-electron chi connectivity index (χ0n) is 13.9. The fourth-order valence-electron chi connectivity index (χ4n) is 3.11. The zero-order valence-corrected chi connectivity index (χ0v) is 13.9. The highest BCUT2D eigenvalue weighted by Gasteiger charge is 2.20. The van der Waals surface area contributed by atoms with Gasteiger partial charge in [-0.25, -0.2) is 4.39 Å². The summed E-state index contributed by atoms with van der Waals surface area (Å²) in [7, 11) is 4.13. The fraction of sp³-hybridized carbons (Fsp3) is 0.368. The Morgan fingerprint density at radius 2 is 1.57 bits per heavy atom. The Morgan fingerprint density at radius 3 is 2.13 bits per heavy atom. The van der Waals surface area contributed by atoms with Gasteiger partial charge in [0.15, 0.2) is 0 Å². The van der Waals surface area contributed by atoms with E-state index in [1.165, 1.54) is 11.3 Å². The van der Waals surface area contributed by atoms with Gasteiger partial charge in [-0.1, -0.05) is 12.1 Å². The summed E-state index contributed by atoms with van der Waals surface area (Å²) < 4.78 is 13.0. The van der Waals surface area contributed by atoms with Gasteiger partial charge >= 0.3 is 0 Å². The summed E-state index contributed by atoms with van der Waals surface area (Å²) in [4.78, 5) is 6.08. The number of quaternary nitrogens is 1. The smallest absolute Gasteiger partial charge is 0.123 e. The van der Waals surface area contributed by atoms with Gasteiger partial charge in [-0.2, -0.15) is 0 Å². The van der Waals surface area contributed by atoms with E-state index < -0.39 is 0 Å². The van der Waals surface area contributed by atoms with Crippen LogP contribution in [0.25, 0.3) is 0 Å². The predicted octanol–water partition coefficient (Wildman–Crippen LogP) is 1.80. The summed E-state index contributed by atoms with van der Waals surface area (Å²) in [5.41, 5.74) is 3.76. The molecule has 0 unspecified atom stereocenters. The van der Waals surface area contributed by atoms with Crippen molar-refractivity contribution in [3.63, 3.8) is 0 Å². The molecule has 0 aliphatic carbocycles. The van der Waals surface area contributed by atoms with Crippen molar-refractivity contribution in [3.05, 3.63) is 59.9 Å². The van der Waals surface area contributed by atoms with Crippen molar-refractivity contribution in [3.8, 4) is 0 Å². The van der Waals surface area contributed by atoms with Crippen LogP contribution in [0.5, 0.6) is 0 Å². The summed E-state index contributed by atoms with van der Waals surface area (Å²) >= 11 is 0. The van der Waals surface area contributed by atoms with Gasteiger partial charge in [-0.15, -0.1) is 0 Å². The van der Waals surface area contributed by atoms with E-state index in [0.717, 1.165) is 38.4 Å². The molecule has 0 aromatic heterocycles. The molecule has 122 valence electrons. The monoisotopic (exact) mass is 314 g/mol. The number of nitrogens with zero attached hydrogens (tertiary/aromatic N) is 2. The third-order valence-electron chi connectivity index (χ3n) is 4.57. The number of piperazine rings is 1. The molecule has 2 aromatic rings. The van der Waals surface area contributed by atoms with Gasteiger partial charge in [0.25, 0.3) is 0 Å². The second kappa shape index (κ2) is 7.01. The SMILES string of the molecule is CN(C)c1ccc(C[NH+]2CCN(c3ccc(F)cc3)CC2)cc1. The van der Waals surface area contributed by atoms with Crippen LogP contribution in [0.15, 0.2) is 48.5 Å². The molecule has 1 aliphatic heterocycles. The standard InChI is InChI=1S/C19H24FN3/c1-21(2)18-7-3-16(4-8-18)15-22-11-13-23(14-12-22)19-9-5-17(20)6-10-19/h3-10H,11-15H2,1-2H3/p+1. The molecule has 1 heterocycles. The summed E-state index contributed by atoms with van der Waals surface area (Å²) in [6.07, 6.45) is 0. The van der Waals surface area contributed by atoms with E-state index in [4.69, 9.17) is 0 Å². The van der Waals surface area contributed by atoms with Crippen LogP contribution >= 0.6 is 0 Å². The first-order valence-corrected chi connectivity index (χ1v) is 8.22. The number of rotatable bonds is 4. The minimum atomic E-state index is -0.167. The zero-order chi connectivity index (χ0) is 16.2. The largest absolute Gasteiger partial charge is 0.378 e. The normalized spacial score (nSPS) is 15.7. The maximum atomic E-state index is 13.0. The van der Waals surface area contributed by atoms with Gasteiger partial charge in [0.2, 0.25) is 0 Å². The lowest BCUT2D eigenvalue weighted by atomic mass is 10.1. The van der Waals surface area contributed by atoms with Crippen molar-refractivity contribution in [1.82, 2.24) is 0 Å². The molecule has 1 saturated heterocycles. The molecule has 4 heteroatoms. The lowest BCUT2D eigenvalue weighted by Crippen LogP contribution is -3.13. The van der Waals surface area contributed by atoms with Crippen LogP contribution in [0.1, 0.15) is 5.56 Å². The number of anilines is 2. The Hall–Kier alpha value is -2.07. The summed E-state index contributed by atoms with van der Waals surface area (Å²) in [5, 5.41) is 0. The molecule has 0 amide bonds. The van der Waals surface area contributed by atoms with Gasteiger partial charge in [0.05, 0.1) is 26.2 Å². The van der Waals surface area contributed by atoms with E-state index in [2.05, 4.69) is 48.2 Å². The Labute approximate surface area is 137 Å². The third-order valence-corrected chi connectivity index (χ3v) is 4.57. The van der Waals surface area contributed by atoms with Crippen LogP contribution in [-0.2, 0) is 6.54 Å². The summed E-state index contributed by atoms with van der Waals surface area (Å²) in [6.45, 7) is 5.36. The van der Waals surface area contributed by atoms with Gasteiger partial charge in [-0.05, 0) is 36.4 Å². The van der Waals surface area contributed by atoms with E-state index in [-0.39, 0.29) is 5.82 Å². The van der Waals surface area contributed by atoms with Crippen molar-refractivity contribution in [2.75, 3.05) is 50.1 Å². The topological polar surface area (TPSA) is 10.9 Å². The highest BCUT2D eigenvalue weighted by molar-refractivity contribution is 5.47. The molecule has 3 rings (SSSR count). The molecule has 0 atom stereocenters. The lowest BCUT2D eigenvalue weighted by Gasteiger charge is -2.33. The van der Waals surface area contributed by atoms with Crippen molar-refractivity contribution >= 4 is 11.4 Å². The predicted molar refractivity (Wildman–Crippen MR) is 93.8 cm³/mol. The quantitative estimate of drug-likeness (QED) is 0.923. The first-order valence-electron chi connectivity index (χ1n) is 8.22. The Bertz CT molecular complexity index is 614. The van der Waals surface area contributed by atoms with Crippen LogP contribution in [-0.4, -0.2) is 40.3 Å². The molecule has 3 nitrogen and oxygen atoms in total. The molecule has 0 saturated carbocycles. The number of hydrogen-bond donors (Lipinski definition) is 1. The highest BCUT2D eigenvalue weighted by atomic mass is 19.1. The first kappa shape index (κ1) is 15.8. The average Bonchev–Trinajstić information content (AvgIpc) is 2.57. The van der Waals surface area contributed by atoms with Crippen LogP contribution in [0.2, 0.25) is 0 Å². The van der Waals surface area contributed by atoms with Gasteiger partial charge in [0, 0.05) is 31.0 Å². The van der Waals surface area contributed by atoms with Crippen molar-refractivity contribution in [2.24, 2.45) is 0 Å². The maximum absolute atomic E-state index is 13.0. The van der Waals surface area contributed by atoms with Crippen LogP contribution in [0, 0.1) is 5.82 Å². The lowest BCUT2D eigenvalue weighted by molar-refractivity contribution is -0.914. The van der Waals surface area contributed by atoms with Gasteiger partial charge < -0.3 is 14.7 Å². The molecular weight excluding hydrogens is 289 g/mol. The van der Waals surface area contributed by atoms with E-state index in [0.29, 0.717) is 0 Å². The molecule has 0 radical (unpaired) electrons. The summed E-state index contributed by atoms with van der Waals surface area (Å²) in [6, 6.07) is 15.7. The molecule has 1 aliphatic rings. The number of benzene rings is 2. The Balaban J connectivity index is 1.53. The first-order chi connectivity index (χ1) is 11.1. The summed E-state index contributed by atoms with van der Waals surface area (Å²) in [5.74, 6) is -0.167. The second-order valence-corrected chi connectivity index (χ2v) is 6.45. The molecule has 0 spiro atoms. The van der Waals surface area contributed by atoms with Gasteiger partial charge in [-0.3, -0.25) is 0 Å². The van der Waals surface area contributed by atoms with Crippen molar-refractivity contribution in [1.29, 1.82) is 0 Å². The number of halogens is 1. The number of nitrogens with one attached hydrogen (secondary N) is 1. The molecule has 1 fully saturated rings. The van der Waals surface area contributed by atoms with Crippen molar-refractivity contribution in [2.45, 2.75) is 6.54 Å². The van der Waals surface area contributed by atoms with Crippen LogP contribution < -0.4 is 14.7 Å².